The summed E-state index contributed by atoms with van der Waals surface area (Å²) < 4.78 is 10.1. The van der Waals surface area contributed by atoms with Crippen molar-refractivity contribution in [2.75, 3.05) is 28.7 Å². The normalized spacial score (nSPS) is 14.2. The molecule has 1 aliphatic heterocycles. The van der Waals surface area contributed by atoms with E-state index in [2.05, 4.69) is 28.2 Å². The van der Waals surface area contributed by atoms with Crippen LogP contribution in [0.4, 0.5) is 28.8 Å². The Kier molecular flexibility index (Phi) is 6.87. The van der Waals surface area contributed by atoms with Crippen molar-refractivity contribution >= 4 is 53.4 Å². The molecule has 0 fully saturated rings. The van der Waals surface area contributed by atoms with Crippen LogP contribution < -0.4 is 15.5 Å². The fourth-order valence-electron chi connectivity index (χ4n) is 3.54. The number of aromatic nitrogens is 2. The number of rotatable bonds is 7. The van der Waals surface area contributed by atoms with E-state index in [0.717, 1.165) is 22.8 Å². The molecule has 34 heavy (non-hydrogen) atoms. The Labute approximate surface area is 202 Å². The third-order valence-electron chi connectivity index (χ3n) is 5.13. The highest BCUT2D eigenvalue weighted by Gasteiger charge is 2.31. The maximum atomic E-state index is 12.0. The molecule has 1 aliphatic rings. The fourth-order valence-corrected chi connectivity index (χ4v) is 3.91. The van der Waals surface area contributed by atoms with Gasteiger partial charge in [0.25, 0.3) is 0 Å². The van der Waals surface area contributed by atoms with Gasteiger partial charge in [-0.05, 0) is 69.3 Å². The van der Waals surface area contributed by atoms with Gasteiger partial charge in [0.05, 0.1) is 30.0 Å². The molecule has 2 aromatic carbocycles. The quantitative estimate of drug-likeness (QED) is 0.330. The number of fused-ring (bicyclic) bond motifs is 1. The van der Waals surface area contributed by atoms with Crippen molar-refractivity contribution < 1.29 is 19.1 Å². The number of nitrogens with one attached hydrogen (secondary N) is 2. The van der Waals surface area contributed by atoms with Gasteiger partial charge in [0.15, 0.2) is 11.3 Å². The van der Waals surface area contributed by atoms with Gasteiger partial charge in [0, 0.05) is 11.4 Å². The van der Waals surface area contributed by atoms with Crippen LogP contribution in [-0.2, 0) is 9.47 Å². The first-order chi connectivity index (χ1) is 16.4. The Morgan fingerprint density at radius 1 is 0.971 bits per heavy atom. The van der Waals surface area contributed by atoms with Gasteiger partial charge in [0.2, 0.25) is 5.95 Å². The van der Waals surface area contributed by atoms with E-state index < -0.39 is 0 Å². The Hall–Kier alpha value is -3.79. The molecule has 1 aromatic heterocycles. The van der Waals surface area contributed by atoms with Crippen molar-refractivity contribution in [3.8, 4) is 0 Å². The smallest absolute Gasteiger partial charge is 0.338 e. The molecule has 1 atom stereocenters. The third-order valence-corrected chi connectivity index (χ3v) is 5.49. The standard InChI is InChI=1S/C24H25N5O4S/c1-4-32-21(30)15-6-10-17(11-7-15)26-23-25-14(3)19-20(28-23)29(24(34)27-19)18-12-8-16(9-13-18)22(31)33-5-2/h6-13,24,27,34H,4-5H2,1-3H3,(H,25,26,28). The second-order valence-electron chi connectivity index (χ2n) is 7.41. The van der Waals surface area contributed by atoms with Gasteiger partial charge in [-0.3, -0.25) is 4.90 Å². The Morgan fingerprint density at radius 3 is 2.09 bits per heavy atom. The molecule has 2 heterocycles. The van der Waals surface area contributed by atoms with Crippen molar-refractivity contribution in [3.05, 3.63) is 65.4 Å². The number of benzene rings is 2. The molecular weight excluding hydrogens is 454 g/mol. The average Bonchev–Trinajstić information content (AvgIpc) is 3.16. The van der Waals surface area contributed by atoms with E-state index in [4.69, 9.17) is 14.5 Å². The summed E-state index contributed by atoms with van der Waals surface area (Å²) in [5, 5.41) is 6.47. The minimum Gasteiger partial charge on any atom is -0.462 e. The zero-order chi connectivity index (χ0) is 24.2. The SMILES string of the molecule is CCOC(=O)c1ccc(Nc2nc(C)c3c(n2)N(c2ccc(C(=O)OCC)cc2)C(S)N3)cc1. The molecule has 0 spiro atoms. The number of nitrogens with zero attached hydrogens (tertiary/aromatic N) is 3. The average molecular weight is 480 g/mol. The van der Waals surface area contributed by atoms with Crippen molar-refractivity contribution in [1.29, 1.82) is 0 Å². The predicted molar refractivity (Wildman–Crippen MR) is 133 cm³/mol. The number of anilines is 5. The maximum Gasteiger partial charge on any atom is 0.338 e. The lowest BCUT2D eigenvalue weighted by Crippen LogP contribution is -2.26. The number of hydrogen-bond acceptors (Lipinski definition) is 10. The van der Waals surface area contributed by atoms with Crippen LogP contribution in [0.5, 0.6) is 0 Å². The monoisotopic (exact) mass is 479 g/mol. The van der Waals surface area contributed by atoms with Crippen molar-refractivity contribution in [2.45, 2.75) is 26.3 Å². The lowest BCUT2D eigenvalue weighted by atomic mass is 10.2. The summed E-state index contributed by atoms with van der Waals surface area (Å²) in [4.78, 5) is 35.0. The van der Waals surface area contributed by atoms with E-state index >= 15 is 0 Å². The summed E-state index contributed by atoms with van der Waals surface area (Å²) >= 11 is 4.66. The molecule has 0 saturated carbocycles. The molecule has 0 saturated heterocycles. The minimum atomic E-state index is -0.366. The highest BCUT2D eigenvalue weighted by atomic mass is 32.1. The van der Waals surface area contributed by atoms with Gasteiger partial charge in [-0.2, -0.15) is 4.98 Å². The molecule has 10 heteroatoms. The number of aryl methyl sites for hydroxylation is 1. The van der Waals surface area contributed by atoms with Crippen LogP contribution in [0.1, 0.15) is 40.3 Å². The van der Waals surface area contributed by atoms with Crippen LogP contribution in [0.2, 0.25) is 0 Å². The molecule has 3 aromatic rings. The maximum absolute atomic E-state index is 12.0. The van der Waals surface area contributed by atoms with Crippen LogP contribution in [0.25, 0.3) is 0 Å². The molecular formula is C24H25N5O4S. The van der Waals surface area contributed by atoms with Crippen LogP contribution in [0.3, 0.4) is 0 Å². The lowest BCUT2D eigenvalue weighted by Gasteiger charge is -2.22. The van der Waals surface area contributed by atoms with Crippen molar-refractivity contribution in [1.82, 2.24) is 9.97 Å². The molecule has 2 N–H and O–H groups in total. The van der Waals surface area contributed by atoms with Gasteiger partial charge < -0.3 is 20.1 Å². The summed E-state index contributed by atoms with van der Waals surface area (Å²) in [5.41, 5.74) is 3.64. The summed E-state index contributed by atoms with van der Waals surface area (Å²) in [7, 11) is 0. The second-order valence-corrected chi connectivity index (χ2v) is 7.90. The van der Waals surface area contributed by atoms with Gasteiger partial charge in [-0.15, -0.1) is 12.6 Å². The molecule has 0 aliphatic carbocycles. The van der Waals surface area contributed by atoms with E-state index in [0.29, 0.717) is 36.1 Å². The molecule has 1 unspecified atom stereocenters. The van der Waals surface area contributed by atoms with E-state index in [1.54, 1.807) is 50.2 Å². The van der Waals surface area contributed by atoms with Crippen LogP contribution in [0.15, 0.2) is 48.5 Å². The molecule has 9 nitrogen and oxygen atoms in total. The third kappa shape index (κ3) is 4.76. The van der Waals surface area contributed by atoms with E-state index in [9.17, 15) is 9.59 Å². The number of hydrogen-bond donors (Lipinski definition) is 3. The number of ether oxygens (including phenoxy) is 2. The summed E-state index contributed by atoms with van der Waals surface area (Å²) in [6.45, 7) is 6.07. The molecule has 0 bridgehead atoms. The van der Waals surface area contributed by atoms with Gasteiger partial charge in [0.1, 0.15) is 5.69 Å². The van der Waals surface area contributed by atoms with E-state index in [1.807, 2.05) is 24.0 Å². The number of carbonyl (C=O) groups excluding carboxylic acids is 2. The van der Waals surface area contributed by atoms with Crippen LogP contribution in [0, 0.1) is 6.92 Å². The molecule has 176 valence electrons. The molecule has 4 rings (SSSR count). The second kappa shape index (κ2) is 10.0. The molecule has 0 amide bonds. The summed E-state index contributed by atoms with van der Waals surface area (Å²) in [6.07, 6.45) is 0. The Morgan fingerprint density at radius 2 is 1.53 bits per heavy atom. The molecule has 0 radical (unpaired) electrons. The topological polar surface area (TPSA) is 106 Å². The Bertz CT molecular complexity index is 1200. The van der Waals surface area contributed by atoms with Crippen molar-refractivity contribution in [2.24, 2.45) is 0 Å². The highest BCUT2D eigenvalue weighted by Crippen LogP contribution is 2.41. The number of thiol groups is 1. The lowest BCUT2D eigenvalue weighted by molar-refractivity contribution is 0.0517. The number of esters is 2. The largest absolute Gasteiger partial charge is 0.462 e. The summed E-state index contributed by atoms with van der Waals surface area (Å²) in [5.74, 6) is 0.323. The van der Waals surface area contributed by atoms with Crippen LogP contribution in [-0.4, -0.2) is 40.6 Å². The Balaban J connectivity index is 1.59. The van der Waals surface area contributed by atoms with Gasteiger partial charge in [-0.25, -0.2) is 14.6 Å². The zero-order valence-electron chi connectivity index (χ0n) is 19.0. The van der Waals surface area contributed by atoms with Gasteiger partial charge in [-0.1, -0.05) is 0 Å². The highest BCUT2D eigenvalue weighted by molar-refractivity contribution is 7.81. The summed E-state index contributed by atoms with van der Waals surface area (Å²) in [6, 6.07) is 14.0. The predicted octanol–water partition coefficient (Wildman–Crippen LogP) is 4.66. The van der Waals surface area contributed by atoms with E-state index in [1.165, 1.54) is 0 Å². The number of carbonyl (C=O) groups is 2. The first-order valence-corrected chi connectivity index (χ1v) is 11.4. The van der Waals surface area contributed by atoms with Crippen molar-refractivity contribution in [3.63, 3.8) is 0 Å². The first kappa shape index (κ1) is 23.4. The first-order valence-electron chi connectivity index (χ1n) is 10.8. The van der Waals surface area contributed by atoms with Crippen LogP contribution >= 0.6 is 12.6 Å². The fraction of sp³-hybridized carbons (Fsp3) is 0.250. The zero-order valence-corrected chi connectivity index (χ0v) is 19.9. The minimum absolute atomic E-state index is 0.320. The van der Waals surface area contributed by atoms with Gasteiger partial charge >= 0.3 is 11.9 Å². The van der Waals surface area contributed by atoms with E-state index in [-0.39, 0.29) is 17.4 Å².